The Balaban J connectivity index is 3.21. The van der Waals surface area contributed by atoms with E-state index in [1.807, 2.05) is 0 Å². The van der Waals surface area contributed by atoms with Crippen LogP contribution < -0.4 is 0 Å². The quantitative estimate of drug-likeness (QED) is 0.486. The summed E-state index contributed by atoms with van der Waals surface area (Å²) in [6.45, 7) is 0. The lowest BCUT2D eigenvalue weighted by Gasteiger charge is -2.22. The number of hydrogen-bond donors (Lipinski definition) is 0. The molecule has 0 amide bonds. The average molecular weight is 311 g/mol. The predicted molar refractivity (Wildman–Crippen MR) is 54.2 cm³/mol. The Kier molecular flexibility index (Phi) is 3.67. The monoisotopic (exact) mass is 310 g/mol. The third kappa shape index (κ3) is 3.02. The van der Waals surface area contributed by atoms with Gasteiger partial charge in [0.25, 0.3) is 5.13 Å². The van der Waals surface area contributed by atoms with E-state index in [0.717, 1.165) is 0 Å². The Hall–Kier alpha value is -0.530. The van der Waals surface area contributed by atoms with Crippen molar-refractivity contribution in [3.05, 3.63) is 29.8 Å². The third-order valence-corrected chi connectivity index (χ3v) is 3.50. The van der Waals surface area contributed by atoms with Crippen LogP contribution in [0.1, 0.15) is 5.56 Å². The van der Waals surface area contributed by atoms with Gasteiger partial charge in [0.1, 0.15) is 0 Å². The third-order valence-electron chi connectivity index (χ3n) is 1.85. The van der Waals surface area contributed by atoms with Crippen molar-refractivity contribution >= 4 is 33.4 Å². The zero-order valence-electron chi connectivity index (χ0n) is 7.80. The Morgan fingerprint density at radius 2 is 1.41 bits per heavy atom. The van der Waals surface area contributed by atoms with E-state index in [9.17, 15) is 25.5 Å². The highest BCUT2D eigenvalue weighted by Crippen LogP contribution is 2.47. The molecule has 9 heteroatoms. The minimum Gasteiger partial charge on any atom is -0.212 e. The van der Waals surface area contributed by atoms with Crippen LogP contribution in [0.25, 0.3) is 0 Å². The van der Waals surface area contributed by atoms with Crippen LogP contribution in [0.2, 0.25) is 0 Å². The van der Waals surface area contributed by atoms with Crippen molar-refractivity contribution in [2.45, 2.75) is 15.4 Å². The largest absolute Gasteiger partial charge is 0.373 e. The van der Waals surface area contributed by atoms with Crippen LogP contribution >= 0.6 is 23.2 Å². The SMILES string of the molecule is O=S(=O)(F)c1ccc(C(F)(Cl)C(F)(F)Cl)cc1. The molecule has 0 heterocycles. The highest BCUT2D eigenvalue weighted by Gasteiger charge is 2.53. The molecule has 0 aliphatic carbocycles. The average Bonchev–Trinajstić information content (AvgIpc) is 2.15. The molecule has 1 aromatic rings. The summed E-state index contributed by atoms with van der Waals surface area (Å²) in [6, 6.07) is 2.42. The highest BCUT2D eigenvalue weighted by atomic mass is 35.5. The molecule has 0 N–H and O–H groups in total. The van der Waals surface area contributed by atoms with Crippen LogP contribution in [0.5, 0.6) is 0 Å². The summed E-state index contributed by atoms with van der Waals surface area (Å²) in [7, 11) is -4.99. The smallest absolute Gasteiger partial charge is 0.212 e. The van der Waals surface area contributed by atoms with Gasteiger partial charge in [-0.1, -0.05) is 23.7 Å². The van der Waals surface area contributed by atoms with Crippen molar-refractivity contribution in [2.75, 3.05) is 0 Å². The molecule has 96 valence electrons. The van der Waals surface area contributed by atoms with Gasteiger partial charge in [0.2, 0.25) is 0 Å². The minimum absolute atomic E-state index is 0.601. The van der Waals surface area contributed by atoms with Crippen molar-refractivity contribution in [2.24, 2.45) is 0 Å². The van der Waals surface area contributed by atoms with E-state index in [1.54, 1.807) is 0 Å². The fourth-order valence-corrected chi connectivity index (χ4v) is 1.69. The zero-order valence-corrected chi connectivity index (χ0v) is 10.1. The van der Waals surface area contributed by atoms with Gasteiger partial charge in [-0.25, -0.2) is 4.39 Å². The van der Waals surface area contributed by atoms with Crippen molar-refractivity contribution in [3.63, 3.8) is 0 Å². The van der Waals surface area contributed by atoms with E-state index in [1.165, 1.54) is 0 Å². The summed E-state index contributed by atoms with van der Waals surface area (Å²) in [5.41, 5.74) is -0.786. The van der Waals surface area contributed by atoms with Gasteiger partial charge in [-0.05, 0) is 23.7 Å². The number of halogens is 6. The van der Waals surface area contributed by atoms with E-state index in [0.29, 0.717) is 24.3 Å². The summed E-state index contributed by atoms with van der Waals surface area (Å²) in [5, 5.41) is -8.11. The second-order valence-electron chi connectivity index (χ2n) is 3.03. The fourth-order valence-electron chi connectivity index (χ4n) is 0.990. The summed E-state index contributed by atoms with van der Waals surface area (Å²) in [6.07, 6.45) is 0. The highest BCUT2D eigenvalue weighted by molar-refractivity contribution is 7.86. The molecule has 1 rings (SSSR count). The molecule has 0 saturated carbocycles. The lowest BCUT2D eigenvalue weighted by atomic mass is 10.1. The normalized spacial score (nSPS) is 16.6. The number of rotatable bonds is 3. The molecule has 0 saturated heterocycles. The number of benzene rings is 1. The van der Waals surface area contributed by atoms with Crippen LogP contribution in [0, 0.1) is 0 Å². The summed E-state index contributed by atoms with van der Waals surface area (Å²) < 4.78 is 71.9. The van der Waals surface area contributed by atoms with Crippen molar-refractivity contribution in [1.29, 1.82) is 0 Å². The van der Waals surface area contributed by atoms with Gasteiger partial charge in [0.15, 0.2) is 0 Å². The zero-order chi connectivity index (χ0) is 13.5. The Labute approximate surface area is 104 Å². The van der Waals surface area contributed by atoms with Gasteiger partial charge in [-0.2, -0.15) is 17.2 Å². The molecule has 17 heavy (non-hydrogen) atoms. The van der Waals surface area contributed by atoms with Gasteiger partial charge in [0, 0.05) is 5.56 Å². The van der Waals surface area contributed by atoms with E-state index in [4.69, 9.17) is 11.6 Å². The molecule has 0 spiro atoms. The molecule has 0 aliphatic rings. The molecule has 0 aromatic heterocycles. The molecule has 1 unspecified atom stereocenters. The maximum absolute atomic E-state index is 13.4. The maximum Gasteiger partial charge on any atom is 0.373 e. The molecule has 0 aliphatic heterocycles. The molecular formula is C8H4Cl2F4O2S. The van der Waals surface area contributed by atoms with Gasteiger partial charge in [0.05, 0.1) is 4.90 Å². The van der Waals surface area contributed by atoms with Crippen LogP contribution in [0.15, 0.2) is 29.2 Å². The van der Waals surface area contributed by atoms with Gasteiger partial charge in [-0.15, -0.1) is 3.89 Å². The molecule has 1 atom stereocenters. The second kappa shape index (κ2) is 4.29. The predicted octanol–water partition coefficient (Wildman–Crippen LogP) is 3.54. The maximum atomic E-state index is 13.4. The topological polar surface area (TPSA) is 34.1 Å². The van der Waals surface area contributed by atoms with E-state index >= 15 is 0 Å². The standard InChI is InChI=1S/C8H4Cl2F4O2S/c9-7(11,8(10,12)13)5-1-3-6(4-2-5)17(14,15)16/h1-4H. The molecular weight excluding hydrogens is 307 g/mol. The lowest BCUT2D eigenvalue weighted by Crippen LogP contribution is -2.31. The Bertz CT molecular complexity index is 507. The van der Waals surface area contributed by atoms with Crippen LogP contribution in [0.3, 0.4) is 0 Å². The summed E-state index contributed by atoms with van der Waals surface area (Å²) in [5.74, 6) is 0. The second-order valence-corrected chi connectivity index (χ2v) is 5.38. The molecule has 0 bridgehead atoms. The molecule has 0 radical (unpaired) electrons. The van der Waals surface area contributed by atoms with Crippen molar-refractivity contribution in [3.8, 4) is 0 Å². The van der Waals surface area contributed by atoms with Crippen molar-refractivity contribution in [1.82, 2.24) is 0 Å². The molecule has 2 nitrogen and oxygen atoms in total. The Morgan fingerprint density at radius 1 is 1.00 bits per heavy atom. The first-order chi connectivity index (χ1) is 7.46. The van der Waals surface area contributed by atoms with Crippen LogP contribution in [-0.2, 0) is 15.4 Å². The van der Waals surface area contributed by atoms with Crippen molar-refractivity contribution < 1.29 is 25.5 Å². The van der Waals surface area contributed by atoms with E-state index < -0.39 is 31.2 Å². The van der Waals surface area contributed by atoms with Crippen LogP contribution in [-0.4, -0.2) is 13.8 Å². The Morgan fingerprint density at radius 3 is 1.71 bits per heavy atom. The van der Waals surface area contributed by atoms with E-state index in [2.05, 4.69) is 11.6 Å². The first kappa shape index (κ1) is 14.5. The number of alkyl halides is 5. The minimum atomic E-state index is -4.99. The lowest BCUT2D eigenvalue weighted by molar-refractivity contribution is -0.0225. The first-order valence-corrected chi connectivity index (χ1v) is 6.10. The van der Waals surface area contributed by atoms with E-state index in [-0.39, 0.29) is 0 Å². The molecule has 1 aromatic carbocycles. The first-order valence-electron chi connectivity index (χ1n) is 3.96. The summed E-state index contributed by atoms with van der Waals surface area (Å²) in [4.78, 5) is -0.799. The van der Waals surface area contributed by atoms with Gasteiger partial charge < -0.3 is 0 Å². The summed E-state index contributed by atoms with van der Waals surface area (Å²) >= 11 is 9.37. The van der Waals surface area contributed by atoms with Gasteiger partial charge in [-0.3, -0.25) is 0 Å². The molecule has 0 fully saturated rings. The van der Waals surface area contributed by atoms with Gasteiger partial charge >= 0.3 is 15.6 Å². The fraction of sp³-hybridized carbons (Fsp3) is 0.250. The number of hydrogen-bond acceptors (Lipinski definition) is 2. The van der Waals surface area contributed by atoms with Crippen LogP contribution in [0.4, 0.5) is 17.1 Å².